The zero-order chi connectivity index (χ0) is 20.3. The van der Waals surface area contributed by atoms with Gasteiger partial charge in [0, 0.05) is 11.6 Å². The Morgan fingerprint density at radius 3 is 2.04 bits per heavy atom. The van der Waals surface area contributed by atoms with Gasteiger partial charge in [-0.25, -0.2) is 4.79 Å². The van der Waals surface area contributed by atoms with Crippen LogP contribution in [0.2, 0.25) is 0 Å². The van der Waals surface area contributed by atoms with Crippen molar-refractivity contribution in [3.8, 4) is 0 Å². The van der Waals surface area contributed by atoms with Gasteiger partial charge in [0.05, 0.1) is 0 Å². The summed E-state index contributed by atoms with van der Waals surface area (Å²) in [7, 11) is 0. The number of halogens is 3. The monoisotopic (exact) mass is 390 g/mol. The Bertz CT molecular complexity index is 550. The van der Waals surface area contributed by atoms with Crippen molar-refractivity contribution in [3.63, 3.8) is 0 Å². The van der Waals surface area contributed by atoms with E-state index in [9.17, 15) is 27.9 Å². The third kappa shape index (κ3) is 9.22. The first kappa shape index (κ1) is 23.4. The van der Waals surface area contributed by atoms with Crippen LogP contribution < -0.4 is 0 Å². The topological polar surface area (TPSA) is 63.6 Å². The number of ether oxygens (including phenoxy) is 1. The highest BCUT2D eigenvalue weighted by Crippen LogP contribution is 2.28. The first-order valence-electron chi connectivity index (χ1n) is 9.68. The molecule has 0 bridgehead atoms. The number of esters is 1. The summed E-state index contributed by atoms with van der Waals surface area (Å²) in [5.74, 6) is -2.83. The SMILES string of the molecule is CCCCCCCCCCCC/C(=C\C(=O)C(F)(F)F)C1=CC(=O)OC1O. The minimum absolute atomic E-state index is 0.00948. The van der Waals surface area contributed by atoms with Crippen molar-refractivity contribution in [3.05, 3.63) is 23.3 Å². The molecule has 1 aliphatic heterocycles. The third-order valence-electron chi connectivity index (χ3n) is 4.52. The molecule has 0 radical (unpaired) electrons. The van der Waals surface area contributed by atoms with E-state index < -0.39 is 24.2 Å². The van der Waals surface area contributed by atoms with Crippen molar-refractivity contribution in [2.24, 2.45) is 0 Å². The first-order valence-corrected chi connectivity index (χ1v) is 9.68. The van der Waals surface area contributed by atoms with Crippen LogP contribution in [0, 0.1) is 0 Å². The van der Waals surface area contributed by atoms with Crippen LogP contribution in [-0.2, 0) is 14.3 Å². The molecule has 1 aliphatic rings. The quantitative estimate of drug-likeness (QED) is 0.268. The Balaban J connectivity index is 2.45. The highest BCUT2D eigenvalue weighted by Gasteiger charge is 2.37. The Kier molecular flexibility index (Phi) is 10.4. The molecule has 27 heavy (non-hydrogen) atoms. The molecule has 1 N–H and O–H groups in total. The lowest BCUT2D eigenvalue weighted by Crippen LogP contribution is -2.21. The molecular formula is C20H29F3O4. The molecule has 0 aromatic heterocycles. The summed E-state index contributed by atoms with van der Waals surface area (Å²) in [5, 5.41) is 9.66. The van der Waals surface area contributed by atoms with Crippen molar-refractivity contribution in [1.29, 1.82) is 0 Å². The van der Waals surface area contributed by atoms with Gasteiger partial charge in [0.1, 0.15) is 0 Å². The highest BCUT2D eigenvalue weighted by molar-refractivity contribution is 5.96. The van der Waals surface area contributed by atoms with Crippen LogP contribution in [0.15, 0.2) is 23.3 Å². The van der Waals surface area contributed by atoms with E-state index in [4.69, 9.17) is 0 Å². The number of hydrogen-bond acceptors (Lipinski definition) is 4. The van der Waals surface area contributed by atoms with Gasteiger partial charge in [-0.2, -0.15) is 13.2 Å². The van der Waals surface area contributed by atoms with Gasteiger partial charge in [-0.1, -0.05) is 64.7 Å². The Morgan fingerprint density at radius 2 is 1.59 bits per heavy atom. The van der Waals surface area contributed by atoms with Crippen LogP contribution in [0.5, 0.6) is 0 Å². The Hall–Kier alpha value is -1.63. The fourth-order valence-corrected chi connectivity index (χ4v) is 3.00. The predicted octanol–water partition coefficient (Wildman–Crippen LogP) is 5.16. The molecule has 0 saturated carbocycles. The van der Waals surface area contributed by atoms with Crippen molar-refractivity contribution in [1.82, 2.24) is 0 Å². The molecule has 0 aliphatic carbocycles. The van der Waals surface area contributed by atoms with Gasteiger partial charge in [0.2, 0.25) is 6.29 Å². The van der Waals surface area contributed by atoms with Crippen molar-refractivity contribution in [2.45, 2.75) is 90.0 Å². The van der Waals surface area contributed by atoms with Gasteiger partial charge in [0.15, 0.2) is 0 Å². The van der Waals surface area contributed by atoms with E-state index in [0.717, 1.165) is 31.8 Å². The maximum Gasteiger partial charge on any atom is 0.454 e. The largest absolute Gasteiger partial charge is 0.454 e. The molecule has 0 saturated heterocycles. The van der Waals surface area contributed by atoms with Crippen LogP contribution >= 0.6 is 0 Å². The Morgan fingerprint density at radius 1 is 1.07 bits per heavy atom. The van der Waals surface area contributed by atoms with Crippen LogP contribution in [0.1, 0.15) is 77.6 Å². The maximum atomic E-state index is 12.5. The van der Waals surface area contributed by atoms with Crippen molar-refractivity contribution < 1.29 is 32.6 Å². The lowest BCUT2D eigenvalue weighted by Gasteiger charge is -2.12. The average Bonchev–Trinajstić information content (AvgIpc) is 2.92. The lowest BCUT2D eigenvalue weighted by atomic mass is 9.97. The molecule has 7 heteroatoms. The van der Waals surface area contributed by atoms with E-state index in [1.54, 1.807) is 0 Å². The van der Waals surface area contributed by atoms with E-state index in [2.05, 4.69) is 11.7 Å². The predicted molar refractivity (Wildman–Crippen MR) is 95.8 cm³/mol. The number of hydrogen-bond donors (Lipinski definition) is 1. The van der Waals surface area contributed by atoms with Crippen molar-refractivity contribution >= 4 is 11.8 Å². The second-order valence-electron chi connectivity index (χ2n) is 6.85. The fourth-order valence-electron chi connectivity index (χ4n) is 3.00. The second-order valence-corrected chi connectivity index (χ2v) is 6.85. The van der Waals surface area contributed by atoms with Crippen LogP contribution in [0.4, 0.5) is 13.2 Å². The Labute approximate surface area is 158 Å². The fraction of sp³-hybridized carbons (Fsp3) is 0.700. The zero-order valence-corrected chi connectivity index (χ0v) is 15.8. The van der Waals surface area contributed by atoms with Gasteiger partial charge >= 0.3 is 12.1 Å². The molecule has 1 heterocycles. The van der Waals surface area contributed by atoms with E-state index in [1.165, 1.54) is 32.1 Å². The van der Waals surface area contributed by atoms with E-state index in [1.807, 2.05) is 0 Å². The summed E-state index contributed by atoms with van der Waals surface area (Å²) in [4.78, 5) is 22.5. The molecule has 1 rings (SSSR count). The van der Waals surface area contributed by atoms with Gasteiger partial charge in [-0.15, -0.1) is 0 Å². The molecule has 154 valence electrons. The number of cyclic esters (lactones) is 1. The first-order chi connectivity index (χ1) is 12.8. The van der Waals surface area contributed by atoms with Gasteiger partial charge < -0.3 is 9.84 Å². The lowest BCUT2D eigenvalue weighted by molar-refractivity contribution is -0.165. The molecule has 1 unspecified atom stereocenters. The number of unbranched alkanes of at least 4 members (excludes halogenated alkanes) is 9. The average molecular weight is 390 g/mol. The molecule has 0 aromatic rings. The summed E-state index contributed by atoms with van der Waals surface area (Å²) in [6.07, 6.45) is 5.71. The van der Waals surface area contributed by atoms with Crippen LogP contribution in [0.25, 0.3) is 0 Å². The number of alkyl halides is 3. The number of allylic oxidation sites excluding steroid dienone is 1. The van der Waals surface area contributed by atoms with Crippen LogP contribution in [0.3, 0.4) is 0 Å². The molecular weight excluding hydrogens is 361 g/mol. The molecule has 4 nitrogen and oxygen atoms in total. The summed E-state index contributed by atoms with van der Waals surface area (Å²) in [6.45, 7) is 2.17. The summed E-state index contributed by atoms with van der Waals surface area (Å²) in [5.41, 5.74) is -0.0521. The smallest absolute Gasteiger partial charge is 0.428 e. The van der Waals surface area contributed by atoms with Gasteiger partial charge in [-0.3, -0.25) is 4.79 Å². The highest BCUT2D eigenvalue weighted by atomic mass is 19.4. The van der Waals surface area contributed by atoms with E-state index in [0.29, 0.717) is 12.5 Å². The number of rotatable bonds is 13. The van der Waals surface area contributed by atoms with Crippen LogP contribution in [-0.4, -0.2) is 29.3 Å². The van der Waals surface area contributed by atoms with Gasteiger partial charge in [-0.05, 0) is 24.5 Å². The number of carbonyl (C=O) groups excluding carboxylic acids is 2. The number of aliphatic hydroxyl groups is 1. The number of carbonyl (C=O) groups is 2. The van der Waals surface area contributed by atoms with Crippen molar-refractivity contribution in [2.75, 3.05) is 0 Å². The van der Waals surface area contributed by atoms with E-state index in [-0.39, 0.29) is 17.6 Å². The minimum atomic E-state index is -4.99. The third-order valence-corrected chi connectivity index (χ3v) is 4.52. The summed E-state index contributed by atoms with van der Waals surface area (Å²) in [6, 6.07) is 0. The molecule has 0 spiro atoms. The normalized spacial score (nSPS) is 17.8. The molecule has 0 fully saturated rings. The number of ketones is 1. The number of aliphatic hydroxyl groups excluding tert-OH is 1. The van der Waals surface area contributed by atoms with E-state index >= 15 is 0 Å². The minimum Gasteiger partial charge on any atom is -0.428 e. The molecule has 0 amide bonds. The second kappa shape index (κ2) is 12.0. The summed E-state index contributed by atoms with van der Waals surface area (Å²) < 4.78 is 42.1. The van der Waals surface area contributed by atoms with Gasteiger partial charge in [0.25, 0.3) is 5.78 Å². The summed E-state index contributed by atoms with van der Waals surface area (Å²) >= 11 is 0. The maximum absolute atomic E-state index is 12.5. The molecule has 1 atom stereocenters. The zero-order valence-electron chi connectivity index (χ0n) is 15.8. The standard InChI is InChI=1S/C20H29F3O4/c1-2-3-4-5-6-7-8-9-10-11-12-15(13-17(24)20(21,22)23)16-14-18(25)27-19(16)26/h13-14,19,26H,2-12H2,1H3/b15-13+. The molecule has 0 aromatic carbocycles.